The van der Waals surface area contributed by atoms with Gasteiger partial charge in [-0.15, -0.1) is 0 Å². The topological polar surface area (TPSA) is 71.0 Å². The number of rotatable bonds is 6. The van der Waals surface area contributed by atoms with Gasteiger partial charge in [-0.05, 0) is 24.3 Å². The van der Waals surface area contributed by atoms with Crippen LogP contribution in [0.2, 0.25) is 0 Å². The summed E-state index contributed by atoms with van der Waals surface area (Å²) in [4.78, 5) is 12.8. The maximum atomic E-state index is 10.4. The molecule has 3 rings (SSSR count). The van der Waals surface area contributed by atoms with E-state index >= 15 is 0 Å². The second-order valence-corrected chi connectivity index (χ2v) is 5.77. The maximum Gasteiger partial charge on any atom is 0.329 e. The third-order valence-corrected chi connectivity index (χ3v) is 4.12. The van der Waals surface area contributed by atoms with Gasteiger partial charge in [0.25, 0.3) is 0 Å². The average molecular weight is 306 g/mol. The van der Waals surface area contributed by atoms with Gasteiger partial charge in [-0.1, -0.05) is 0 Å². The smallest absolute Gasteiger partial charge is 0.329 e. The van der Waals surface area contributed by atoms with Gasteiger partial charge in [0.05, 0.1) is 6.10 Å². The highest BCUT2D eigenvalue weighted by molar-refractivity contribution is 5.68. The van der Waals surface area contributed by atoms with Gasteiger partial charge in [-0.25, -0.2) is 4.79 Å². The molecule has 1 aliphatic heterocycles. The monoisotopic (exact) mass is 306 g/mol. The second kappa shape index (κ2) is 6.98. The van der Waals surface area contributed by atoms with Crippen LogP contribution in [0.25, 0.3) is 0 Å². The number of nitrogens with zero attached hydrogens (tertiary/aromatic N) is 1. The third kappa shape index (κ3) is 3.90. The summed E-state index contributed by atoms with van der Waals surface area (Å²) in [5, 5.41) is 11.9. The molecule has 0 atom stereocenters. The molecule has 0 aromatic heterocycles. The summed E-state index contributed by atoms with van der Waals surface area (Å²) in [6, 6.07) is 8.20. The second-order valence-electron chi connectivity index (χ2n) is 5.77. The van der Waals surface area contributed by atoms with Crippen LogP contribution >= 0.6 is 0 Å². The molecule has 1 aromatic carbocycles. The molecule has 6 heteroatoms. The van der Waals surface area contributed by atoms with Crippen LogP contribution in [-0.4, -0.2) is 56.1 Å². The lowest BCUT2D eigenvalue weighted by Gasteiger charge is -2.35. The van der Waals surface area contributed by atoms with Gasteiger partial charge in [0.15, 0.2) is 0 Å². The number of carboxylic acids is 1. The molecule has 2 aliphatic rings. The summed E-state index contributed by atoms with van der Waals surface area (Å²) >= 11 is 0. The SMILES string of the molecule is O=C(O)COC1CC(Oc2ccc(N3CCNCC3)cc2)C1. The number of benzene rings is 1. The summed E-state index contributed by atoms with van der Waals surface area (Å²) < 4.78 is 11.1. The average Bonchev–Trinajstić information content (AvgIpc) is 2.50. The molecule has 22 heavy (non-hydrogen) atoms. The summed E-state index contributed by atoms with van der Waals surface area (Å²) in [7, 11) is 0. The van der Waals surface area contributed by atoms with Gasteiger partial charge in [-0.3, -0.25) is 0 Å². The molecule has 0 radical (unpaired) electrons. The maximum absolute atomic E-state index is 10.4. The molecule has 0 unspecified atom stereocenters. The fourth-order valence-corrected chi connectivity index (χ4v) is 2.79. The van der Waals surface area contributed by atoms with E-state index in [4.69, 9.17) is 14.6 Å². The van der Waals surface area contributed by atoms with E-state index in [1.54, 1.807) is 0 Å². The first-order valence-corrected chi connectivity index (χ1v) is 7.76. The van der Waals surface area contributed by atoms with Crippen molar-refractivity contribution in [2.75, 3.05) is 37.7 Å². The van der Waals surface area contributed by atoms with Crippen molar-refractivity contribution in [1.29, 1.82) is 0 Å². The predicted octanol–water partition coefficient (Wildman–Crippen LogP) is 1.11. The van der Waals surface area contributed by atoms with Gasteiger partial charge >= 0.3 is 5.97 Å². The van der Waals surface area contributed by atoms with Gasteiger partial charge in [0, 0.05) is 44.7 Å². The summed E-state index contributed by atoms with van der Waals surface area (Å²) in [6.07, 6.45) is 1.66. The number of piperazine rings is 1. The highest BCUT2D eigenvalue weighted by Crippen LogP contribution is 2.29. The van der Waals surface area contributed by atoms with Crippen LogP contribution in [0.5, 0.6) is 5.75 Å². The van der Waals surface area contributed by atoms with Gasteiger partial charge in [0.2, 0.25) is 0 Å². The predicted molar refractivity (Wildman–Crippen MR) is 82.6 cm³/mol. The van der Waals surface area contributed by atoms with E-state index in [-0.39, 0.29) is 18.8 Å². The minimum Gasteiger partial charge on any atom is -0.490 e. The van der Waals surface area contributed by atoms with Crippen LogP contribution in [0.4, 0.5) is 5.69 Å². The van der Waals surface area contributed by atoms with Crippen molar-refractivity contribution in [3.8, 4) is 5.75 Å². The number of carbonyl (C=O) groups is 1. The molecule has 120 valence electrons. The van der Waals surface area contributed by atoms with Crippen LogP contribution in [-0.2, 0) is 9.53 Å². The number of hydrogen-bond acceptors (Lipinski definition) is 5. The van der Waals surface area contributed by atoms with Crippen LogP contribution in [0.15, 0.2) is 24.3 Å². The van der Waals surface area contributed by atoms with Crippen molar-refractivity contribution in [3.63, 3.8) is 0 Å². The van der Waals surface area contributed by atoms with Gasteiger partial charge < -0.3 is 24.8 Å². The van der Waals surface area contributed by atoms with Crippen LogP contribution in [0.3, 0.4) is 0 Å². The minimum atomic E-state index is -0.923. The lowest BCUT2D eigenvalue weighted by atomic mass is 9.92. The van der Waals surface area contributed by atoms with Crippen LogP contribution in [0.1, 0.15) is 12.8 Å². The number of hydrogen-bond donors (Lipinski definition) is 2. The van der Waals surface area contributed by atoms with Crippen molar-refractivity contribution in [3.05, 3.63) is 24.3 Å². The summed E-state index contributed by atoms with van der Waals surface area (Å²) in [5.41, 5.74) is 1.23. The van der Waals surface area contributed by atoms with Gasteiger partial charge in [-0.2, -0.15) is 0 Å². The summed E-state index contributed by atoms with van der Waals surface area (Å²) in [5.74, 6) is -0.0616. The lowest BCUT2D eigenvalue weighted by Crippen LogP contribution is -2.43. The van der Waals surface area contributed by atoms with Crippen LogP contribution in [0, 0.1) is 0 Å². The first-order valence-electron chi connectivity index (χ1n) is 7.76. The Kier molecular flexibility index (Phi) is 4.80. The third-order valence-electron chi connectivity index (χ3n) is 4.12. The van der Waals surface area contributed by atoms with Crippen molar-refractivity contribution in [2.24, 2.45) is 0 Å². The van der Waals surface area contributed by atoms with E-state index in [0.29, 0.717) is 0 Å². The number of carboxylic acid groups (broad SMARTS) is 1. The standard InChI is InChI=1S/C16H22N2O4/c19-16(20)11-21-14-9-15(10-14)22-13-3-1-12(2-4-13)18-7-5-17-6-8-18/h1-4,14-15,17H,5-11H2,(H,19,20). The van der Waals surface area contributed by atoms with Crippen molar-refractivity contribution >= 4 is 11.7 Å². The molecular weight excluding hydrogens is 284 g/mol. The largest absolute Gasteiger partial charge is 0.490 e. The molecule has 1 saturated carbocycles. The zero-order valence-corrected chi connectivity index (χ0v) is 12.5. The Balaban J connectivity index is 1.43. The van der Waals surface area contributed by atoms with Gasteiger partial charge in [0.1, 0.15) is 18.5 Å². The first-order chi connectivity index (χ1) is 10.7. The fraction of sp³-hybridized carbons (Fsp3) is 0.562. The Bertz CT molecular complexity index is 493. The molecule has 1 heterocycles. The number of aliphatic carboxylic acids is 1. The molecule has 0 spiro atoms. The summed E-state index contributed by atoms with van der Waals surface area (Å²) in [6.45, 7) is 3.89. The van der Waals surface area contributed by atoms with E-state index in [1.165, 1.54) is 5.69 Å². The Morgan fingerprint density at radius 3 is 2.50 bits per heavy atom. The Morgan fingerprint density at radius 2 is 1.86 bits per heavy atom. The molecule has 2 fully saturated rings. The number of nitrogens with one attached hydrogen (secondary N) is 1. The highest BCUT2D eigenvalue weighted by atomic mass is 16.5. The van der Waals surface area contributed by atoms with Crippen LogP contribution < -0.4 is 15.0 Å². The molecule has 6 nitrogen and oxygen atoms in total. The molecule has 1 aromatic rings. The van der Waals surface area contributed by atoms with E-state index in [1.807, 2.05) is 12.1 Å². The first kappa shape index (κ1) is 15.1. The molecule has 1 aliphatic carbocycles. The zero-order chi connectivity index (χ0) is 15.4. The normalized spacial score (nSPS) is 24.6. The van der Waals surface area contributed by atoms with Crippen molar-refractivity contribution < 1.29 is 19.4 Å². The Hall–Kier alpha value is -1.79. The van der Waals surface area contributed by atoms with Crippen molar-refractivity contribution in [1.82, 2.24) is 5.32 Å². The van der Waals surface area contributed by atoms with E-state index in [9.17, 15) is 4.79 Å². The number of anilines is 1. The Labute approximate surface area is 130 Å². The molecule has 0 amide bonds. The van der Waals surface area contributed by atoms with Crippen molar-refractivity contribution in [2.45, 2.75) is 25.0 Å². The minimum absolute atomic E-state index is 0.0150. The van der Waals surface area contributed by atoms with E-state index < -0.39 is 5.97 Å². The molecule has 2 N–H and O–H groups in total. The zero-order valence-electron chi connectivity index (χ0n) is 12.5. The van der Waals surface area contributed by atoms with E-state index in [0.717, 1.165) is 44.8 Å². The molecule has 0 bridgehead atoms. The van der Waals surface area contributed by atoms with E-state index in [2.05, 4.69) is 22.3 Å². The highest BCUT2D eigenvalue weighted by Gasteiger charge is 2.32. The molecule has 1 saturated heterocycles. The molecular formula is C16H22N2O4. The fourth-order valence-electron chi connectivity index (χ4n) is 2.79. The lowest BCUT2D eigenvalue weighted by molar-refractivity contribution is -0.149. The quantitative estimate of drug-likeness (QED) is 0.820. The Morgan fingerprint density at radius 1 is 1.18 bits per heavy atom. The number of ether oxygens (including phenoxy) is 2.